The molecule has 0 N–H and O–H groups in total. The highest BCUT2D eigenvalue weighted by molar-refractivity contribution is 5.30. The topological polar surface area (TPSA) is 0 Å². The first-order valence-electron chi connectivity index (χ1n) is 4.32. The van der Waals surface area contributed by atoms with Gasteiger partial charge in [-0.25, -0.2) is 0 Å². The summed E-state index contributed by atoms with van der Waals surface area (Å²) in [5.74, 6) is 7.13. The smallest absolute Gasteiger partial charge is 0.0312 e. The van der Waals surface area contributed by atoms with Crippen LogP contribution in [-0.2, 0) is 0 Å². The molecule has 4 atom stereocenters. The molecular formula is C9H11. The van der Waals surface area contributed by atoms with Crippen LogP contribution < -0.4 is 0 Å². The Morgan fingerprint density at radius 3 is 1.89 bits per heavy atom. The molecule has 0 heterocycles. The molecule has 5 aliphatic rings. The van der Waals surface area contributed by atoms with Crippen molar-refractivity contribution < 1.29 is 0 Å². The van der Waals surface area contributed by atoms with Gasteiger partial charge in [-0.05, 0) is 54.8 Å². The molecule has 47 valence electrons. The first kappa shape index (κ1) is 4.00. The van der Waals surface area contributed by atoms with Crippen LogP contribution >= 0.6 is 0 Å². The van der Waals surface area contributed by atoms with Crippen molar-refractivity contribution in [3.63, 3.8) is 0 Å². The van der Waals surface area contributed by atoms with E-state index in [1.807, 2.05) is 0 Å². The lowest BCUT2D eigenvalue weighted by atomic mass is 10.0. The van der Waals surface area contributed by atoms with E-state index < -0.39 is 0 Å². The Bertz CT molecular complexity index is 166. The molecule has 9 heavy (non-hydrogen) atoms. The van der Waals surface area contributed by atoms with Gasteiger partial charge in [-0.2, -0.15) is 0 Å². The van der Waals surface area contributed by atoms with Crippen LogP contribution in [0.2, 0.25) is 0 Å². The first-order chi connectivity index (χ1) is 4.47. The first-order valence-corrected chi connectivity index (χ1v) is 4.32. The molecular weight excluding hydrogens is 108 g/mol. The molecule has 5 fully saturated rings. The maximum Gasteiger partial charge on any atom is -0.0312 e. The summed E-state index contributed by atoms with van der Waals surface area (Å²) in [6, 6.07) is 0. The summed E-state index contributed by atoms with van der Waals surface area (Å²) in [4.78, 5) is 0. The number of rotatable bonds is 0. The Kier molecular flexibility index (Phi) is 0.395. The second-order valence-electron chi connectivity index (χ2n) is 4.41. The average Bonchev–Trinajstić information content (AvgIpc) is 2.35. The van der Waals surface area contributed by atoms with Crippen molar-refractivity contribution in [2.75, 3.05) is 0 Å². The van der Waals surface area contributed by atoms with E-state index >= 15 is 0 Å². The fourth-order valence-electron chi connectivity index (χ4n) is 4.31. The fraction of sp³-hybridized carbons (Fsp3) is 0.889. The van der Waals surface area contributed by atoms with Gasteiger partial charge in [-0.1, -0.05) is 0 Å². The third-order valence-electron chi connectivity index (χ3n) is 4.45. The van der Waals surface area contributed by atoms with Crippen LogP contribution in [0.1, 0.15) is 12.8 Å². The lowest BCUT2D eigenvalue weighted by Gasteiger charge is -2.04. The van der Waals surface area contributed by atoms with Crippen molar-refractivity contribution in [3.05, 3.63) is 6.42 Å². The van der Waals surface area contributed by atoms with E-state index in [0.717, 1.165) is 11.8 Å². The van der Waals surface area contributed by atoms with E-state index in [2.05, 4.69) is 6.42 Å². The summed E-state index contributed by atoms with van der Waals surface area (Å²) < 4.78 is 0. The third kappa shape index (κ3) is 0.235. The van der Waals surface area contributed by atoms with E-state index in [1.165, 1.54) is 23.7 Å². The highest BCUT2D eigenvalue weighted by Crippen LogP contribution is 2.80. The van der Waals surface area contributed by atoms with Crippen LogP contribution in [0.25, 0.3) is 0 Å². The minimum absolute atomic E-state index is 1.13. The highest BCUT2D eigenvalue weighted by Gasteiger charge is 2.75. The Balaban J connectivity index is 2.01. The minimum atomic E-state index is 1.13. The molecule has 0 nitrogen and oxygen atoms in total. The van der Waals surface area contributed by atoms with Crippen LogP contribution in [0.5, 0.6) is 0 Å². The van der Waals surface area contributed by atoms with Crippen LogP contribution in [0.4, 0.5) is 0 Å². The van der Waals surface area contributed by atoms with Crippen molar-refractivity contribution in [1.29, 1.82) is 0 Å². The minimum Gasteiger partial charge on any atom is -0.0496 e. The molecule has 5 saturated carbocycles. The molecule has 0 aromatic rings. The van der Waals surface area contributed by atoms with Gasteiger partial charge in [-0.3, -0.25) is 0 Å². The van der Waals surface area contributed by atoms with E-state index in [0.29, 0.717) is 0 Å². The van der Waals surface area contributed by atoms with Crippen LogP contribution in [0.3, 0.4) is 0 Å². The van der Waals surface area contributed by atoms with Gasteiger partial charge < -0.3 is 0 Å². The lowest BCUT2D eigenvalue weighted by Crippen LogP contribution is -1.99. The molecule has 0 saturated heterocycles. The third-order valence-corrected chi connectivity index (χ3v) is 4.45. The largest absolute Gasteiger partial charge is 0.0496 e. The van der Waals surface area contributed by atoms with Crippen molar-refractivity contribution in [2.45, 2.75) is 12.8 Å². The normalized spacial score (nSPS) is 80.0. The Hall–Kier alpha value is 0. The molecule has 4 unspecified atom stereocenters. The zero-order chi connectivity index (χ0) is 5.59. The van der Waals surface area contributed by atoms with Crippen molar-refractivity contribution in [3.8, 4) is 0 Å². The summed E-state index contributed by atoms with van der Waals surface area (Å²) in [5, 5.41) is 0. The molecule has 0 heteroatoms. The molecule has 5 rings (SSSR count). The SMILES string of the molecule is [CH]1C2C3CCC2C2C1C32. The number of hydrogen-bond acceptors (Lipinski definition) is 0. The summed E-state index contributed by atoms with van der Waals surface area (Å²) in [7, 11) is 0. The van der Waals surface area contributed by atoms with E-state index in [9.17, 15) is 0 Å². The molecule has 0 spiro atoms. The maximum atomic E-state index is 2.69. The van der Waals surface area contributed by atoms with Crippen LogP contribution in [0.15, 0.2) is 0 Å². The van der Waals surface area contributed by atoms with Crippen LogP contribution in [0, 0.1) is 41.9 Å². The molecule has 0 aromatic carbocycles. The maximum absolute atomic E-state index is 2.69. The van der Waals surface area contributed by atoms with Gasteiger partial charge in [0.15, 0.2) is 0 Å². The lowest BCUT2D eigenvalue weighted by molar-refractivity contribution is 0.456. The zero-order valence-electron chi connectivity index (χ0n) is 5.46. The van der Waals surface area contributed by atoms with Gasteiger partial charge in [-0.15, -0.1) is 0 Å². The van der Waals surface area contributed by atoms with Gasteiger partial charge in [0.05, 0.1) is 0 Å². The van der Waals surface area contributed by atoms with Gasteiger partial charge >= 0.3 is 0 Å². The van der Waals surface area contributed by atoms with Gasteiger partial charge in [0.1, 0.15) is 0 Å². The number of hydrogen-bond donors (Lipinski definition) is 0. The predicted octanol–water partition coefficient (Wildman–Crippen LogP) is 1.72. The zero-order valence-corrected chi connectivity index (χ0v) is 5.46. The second kappa shape index (κ2) is 0.889. The van der Waals surface area contributed by atoms with Crippen molar-refractivity contribution in [2.24, 2.45) is 35.5 Å². The molecule has 0 aromatic heterocycles. The van der Waals surface area contributed by atoms with Crippen molar-refractivity contribution >= 4 is 0 Å². The molecule has 0 aliphatic heterocycles. The Morgan fingerprint density at radius 1 is 0.889 bits per heavy atom. The van der Waals surface area contributed by atoms with Gasteiger partial charge in [0.25, 0.3) is 0 Å². The Labute approximate surface area is 55.6 Å². The standard InChI is InChI=1S/C9H11/c1-2-5-6-3-7-8(4(1)6)9(5)7/h3-9H,1-2H2. The summed E-state index contributed by atoms with van der Waals surface area (Å²) >= 11 is 0. The van der Waals surface area contributed by atoms with Crippen LogP contribution in [-0.4, -0.2) is 0 Å². The fourth-order valence-corrected chi connectivity index (χ4v) is 4.31. The monoisotopic (exact) mass is 119 g/mol. The van der Waals surface area contributed by atoms with Gasteiger partial charge in [0, 0.05) is 0 Å². The van der Waals surface area contributed by atoms with E-state index in [4.69, 9.17) is 0 Å². The Morgan fingerprint density at radius 2 is 1.56 bits per heavy atom. The predicted molar refractivity (Wildman–Crippen MR) is 34.5 cm³/mol. The second-order valence-corrected chi connectivity index (χ2v) is 4.41. The average molecular weight is 119 g/mol. The van der Waals surface area contributed by atoms with E-state index in [-0.39, 0.29) is 0 Å². The summed E-state index contributed by atoms with van der Waals surface area (Å²) in [5.41, 5.74) is 0. The van der Waals surface area contributed by atoms with Crippen molar-refractivity contribution in [1.82, 2.24) is 0 Å². The van der Waals surface area contributed by atoms with E-state index in [1.54, 1.807) is 12.8 Å². The quantitative estimate of drug-likeness (QED) is 0.455. The summed E-state index contributed by atoms with van der Waals surface area (Å²) in [6.45, 7) is 0. The molecule has 5 aliphatic carbocycles. The highest BCUT2D eigenvalue weighted by atomic mass is 14.8. The van der Waals surface area contributed by atoms with Gasteiger partial charge in [0.2, 0.25) is 0 Å². The molecule has 1 radical (unpaired) electrons. The summed E-state index contributed by atoms with van der Waals surface area (Å²) in [6.07, 6.45) is 5.87. The molecule has 0 amide bonds. The molecule has 6 bridgehead atoms.